The van der Waals surface area contributed by atoms with E-state index < -0.39 is 0 Å². The van der Waals surface area contributed by atoms with Crippen LogP contribution in [0, 0.1) is 0 Å². The highest BCUT2D eigenvalue weighted by molar-refractivity contribution is 9.10. The molecule has 0 amide bonds. The summed E-state index contributed by atoms with van der Waals surface area (Å²) in [5.74, 6) is 0.970. The van der Waals surface area contributed by atoms with E-state index in [1.807, 2.05) is 18.2 Å². The van der Waals surface area contributed by atoms with Crippen molar-refractivity contribution < 1.29 is 5.11 Å². The van der Waals surface area contributed by atoms with Gasteiger partial charge in [0.2, 0.25) is 0 Å². The highest BCUT2D eigenvalue weighted by Gasteiger charge is 2.27. The lowest BCUT2D eigenvalue weighted by atomic mass is 9.98. The third-order valence-corrected chi connectivity index (χ3v) is 6.64. The number of hydrogen-bond donors (Lipinski definition) is 1. The summed E-state index contributed by atoms with van der Waals surface area (Å²) in [7, 11) is 0. The largest absolute Gasteiger partial charge is 0.396 e. The first kappa shape index (κ1) is 20.2. The minimum absolute atomic E-state index is 0.195. The number of aliphatic hydroxyl groups is 1. The Morgan fingerprint density at radius 3 is 2.58 bits per heavy atom. The lowest BCUT2D eigenvalue weighted by molar-refractivity contribution is 0.262. The summed E-state index contributed by atoms with van der Waals surface area (Å²) < 4.78 is 3.20. The minimum atomic E-state index is 0.195. The maximum absolute atomic E-state index is 9.64. The van der Waals surface area contributed by atoms with E-state index in [0.717, 1.165) is 63.9 Å². The van der Waals surface area contributed by atoms with Crippen LogP contribution in [-0.4, -0.2) is 38.8 Å². The normalized spacial score (nSPS) is 16.7. The molecule has 1 saturated heterocycles. The first-order valence-corrected chi connectivity index (χ1v) is 11.6. The van der Waals surface area contributed by atoms with Gasteiger partial charge in [0.05, 0.1) is 5.39 Å². The van der Waals surface area contributed by atoms with Gasteiger partial charge in [-0.25, -0.2) is 9.97 Å². The first-order valence-electron chi connectivity index (χ1n) is 10.8. The van der Waals surface area contributed by atoms with Crippen LogP contribution < -0.4 is 4.90 Å². The second kappa shape index (κ2) is 8.81. The van der Waals surface area contributed by atoms with Gasteiger partial charge in [-0.05, 0) is 55.5 Å². The van der Waals surface area contributed by atoms with Gasteiger partial charge in [-0.1, -0.05) is 46.3 Å². The number of anilines is 1. The summed E-state index contributed by atoms with van der Waals surface area (Å²) in [6.45, 7) is 1.15. The molecular formula is C25H25BrN4O. The SMILES string of the molecule is OCCC1CCCCN1c1ncnc2c1c(-c1ccccc1)cn2-c1ccc(Br)cc1. The van der Waals surface area contributed by atoms with E-state index in [2.05, 4.69) is 68.0 Å². The predicted molar refractivity (Wildman–Crippen MR) is 129 cm³/mol. The third kappa shape index (κ3) is 3.86. The second-order valence-corrected chi connectivity index (χ2v) is 8.92. The molecule has 2 aromatic heterocycles. The molecule has 3 heterocycles. The molecule has 158 valence electrons. The molecule has 31 heavy (non-hydrogen) atoms. The molecule has 1 fully saturated rings. The summed E-state index contributed by atoms with van der Waals surface area (Å²) in [5, 5.41) is 10.7. The molecule has 5 rings (SSSR count). The van der Waals surface area contributed by atoms with Crippen LogP contribution in [0.1, 0.15) is 25.7 Å². The van der Waals surface area contributed by atoms with Crippen molar-refractivity contribution in [3.8, 4) is 16.8 Å². The molecule has 1 atom stereocenters. The fourth-order valence-corrected chi connectivity index (χ4v) is 4.89. The Morgan fingerprint density at radius 2 is 1.81 bits per heavy atom. The Kier molecular flexibility index (Phi) is 5.74. The van der Waals surface area contributed by atoms with Crippen molar-refractivity contribution in [1.82, 2.24) is 14.5 Å². The Hall–Kier alpha value is -2.70. The number of aliphatic hydroxyl groups excluding tert-OH is 1. The molecule has 1 unspecified atom stereocenters. The van der Waals surface area contributed by atoms with Crippen molar-refractivity contribution in [2.45, 2.75) is 31.7 Å². The quantitative estimate of drug-likeness (QED) is 0.407. The zero-order valence-electron chi connectivity index (χ0n) is 17.3. The highest BCUT2D eigenvalue weighted by Crippen LogP contribution is 2.38. The number of benzene rings is 2. The van der Waals surface area contributed by atoms with Crippen LogP contribution >= 0.6 is 15.9 Å². The summed E-state index contributed by atoms with van der Waals surface area (Å²) in [4.78, 5) is 11.9. The van der Waals surface area contributed by atoms with E-state index in [1.54, 1.807) is 6.33 Å². The second-order valence-electron chi connectivity index (χ2n) is 8.01. The number of rotatable bonds is 5. The van der Waals surface area contributed by atoms with Gasteiger partial charge >= 0.3 is 0 Å². The average molecular weight is 477 g/mol. The van der Waals surface area contributed by atoms with Crippen LogP contribution in [0.4, 0.5) is 5.82 Å². The standard InChI is InChI=1S/C25H25BrN4O/c26-19-9-11-21(12-10-19)30-16-22(18-6-2-1-3-7-18)23-24(27-17-28-25(23)30)29-14-5-4-8-20(29)13-15-31/h1-3,6-7,9-12,16-17,20,31H,4-5,8,13-15H2. The number of nitrogens with zero attached hydrogens (tertiary/aromatic N) is 4. The maximum atomic E-state index is 9.64. The van der Waals surface area contributed by atoms with Gasteiger partial charge in [0.25, 0.3) is 0 Å². The van der Waals surface area contributed by atoms with E-state index in [1.165, 1.54) is 6.42 Å². The maximum Gasteiger partial charge on any atom is 0.150 e. The molecule has 0 radical (unpaired) electrons. The topological polar surface area (TPSA) is 54.2 Å². The Morgan fingerprint density at radius 1 is 1.00 bits per heavy atom. The molecule has 0 spiro atoms. The van der Waals surface area contributed by atoms with Gasteiger partial charge < -0.3 is 14.6 Å². The molecule has 1 N–H and O–H groups in total. The van der Waals surface area contributed by atoms with Crippen molar-refractivity contribution in [2.24, 2.45) is 0 Å². The van der Waals surface area contributed by atoms with Gasteiger partial charge in [-0.15, -0.1) is 0 Å². The van der Waals surface area contributed by atoms with Crippen LogP contribution in [0.25, 0.3) is 27.8 Å². The molecule has 1 aliphatic rings. The van der Waals surface area contributed by atoms with Crippen LogP contribution in [0.3, 0.4) is 0 Å². The summed E-state index contributed by atoms with van der Waals surface area (Å²) in [6, 6.07) is 19.0. The lowest BCUT2D eigenvalue weighted by Gasteiger charge is -2.37. The van der Waals surface area contributed by atoms with E-state index in [9.17, 15) is 5.11 Å². The fraction of sp³-hybridized carbons (Fsp3) is 0.280. The van der Waals surface area contributed by atoms with Crippen molar-refractivity contribution in [2.75, 3.05) is 18.1 Å². The summed E-state index contributed by atoms with van der Waals surface area (Å²) >= 11 is 3.53. The summed E-state index contributed by atoms with van der Waals surface area (Å²) in [5.41, 5.74) is 4.24. The molecular weight excluding hydrogens is 452 g/mol. The van der Waals surface area contributed by atoms with Crippen LogP contribution in [0.5, 0.6) is 0 Å². The van der Waals surface area contributed by atoms with Gasteiger partial charge in [0.1, 0.15) is 12.1 Å². The number of aromatic nitrogens is 3. The molecule has 6 heteroatoms. The molecule has 5 nitrogen and oxygen atoms in total. The van der Waals surface area contributed by atoms with Gasteiger partial charge in [0, 0.05) is 41.1 Å². The molecule has 4 aromatic rings. The lowest BCUT2D eigenvalue weighted by Crippen LogP contribution is -2.40. The van der Waals surface area contributed by atoms with Gasteiger partial charge in [-0.3, -0.25) is 0 Å². The zero-order valence-corrected chi connectivity index (χ0v) is 18.9. The molecule has 0 bridgehead atoms. The van der Waals surface area contributed by atoms with E-state index >= 15 is 0 Å². The van der Waals surface area contributed by atoms with Crippen molar-refractivity contribution >= 4 is 32.8 Å². The van der Waals surface area contributed by atoms with Crippen molar-refractivity contribution in [3.05, 3.63) is 71.6 Å². The smallest absolute Gasteiger partial charge is 0.150 e. The van der Waals surface area contributed by atoms with Gasteiger partial charge in [-0.2, -0.15) is 0 Å². The van der Waals surface area contributed by atoms with Gasteiger partial charge in [0.15, 0.2) is 5.65 Å². The minimum Gasteiger partial charge on any atom is -0.396 e. The number of fused-ring (bicyclic) bond motifs is 1. The molecule has 0 saturated carbocycles. The zero-order chi connectivity index (χ0) is 21.2. The number of piperidine rings is 1. The van der Waals surface area contributed by atoms with E-state index in [4.69, 9.17) is 9.97 Å². The van der Waals surface area contributed by atoms with E-state index in [-0.39, 0.29) is 6.61 Å². The number of hydrogen-bond acceptors (Lipinski definition) is 4. The van der Waals surface area contributed by atoms with Crippen LogP contribution in [-0.2, 0) is 0 Å². The Balaban J connectivity index is 1.75. The fourth-order valence-electron chi connectivity index (χ4n) is 4.63. The van der Waals surface area contributed by atoms with Crippen LogP contribution in [0.2, 0.25) is 0 Å². The van der Waals surface area contributed by atoms with Crippen molar-refractivity contribution in [1.29, 1.82) is 0 Å². The Labute approximate surface area is 190 Å². The van der Waals surface area contributed by atoms with Crippen LogP contribution in [0.15, 0.2) is 71.6 Å². The molecule has 0 aliphatic carbocycles. The first-order chi connectivity index (χ1) is 15.3. The predicted octanol–water partition coefficient (Wildman–Crippen LogP) is 5.59. The summed E-state index contributed by atoms with van der Waals surface area (Å²) in [6.07, 6.45) is 8.03. The third-order valence-electron chi connectivity index (χ3n) is 6.11. The average Bonchev–Trinajstić information content (AvgIpc) is 3.21. The monoisotopic (exact) mass is 476 g/mol. The highest BCUT2D eigenvalue weighted by atomic mass is 79.9. The van der Waals surface area contributed by atoms with Crippen molar-refractivity contribution in [3.63, 3.8) is 0 Å². The number of halogens is 1. The Bertz CT molecular complexity index is 1170. The molecule has 2 aromatic carbocycles. The molecule has 1 aliphatic heterocycles. The van der Waals surface area contributed by atoms with E-state index in [0.29, 0.717) is 6.04 Å².